The summed E-state index contributed by atoms with van der Waals surface area (Å²) in [5.41, 5.74) is 0. The Kier molecular flexibility index (Phi) is 10.8. The van der Waals surface area contributed by atoms with E-state index in [1.165, 1.54) is 77.0 Å². The van der Waals surface area contributed by atoms with Gasteiger partial charge in [-0.3, -0.25) is 0 Å². The minimum Gasteiger partial charge on any atom is -0.0623 e. The predicted molar refractivity (Wildman–Crippen MR) is 81.8 cm³/mol. The Bertz CT molecular complexity index is 170. The van der Waals surface area contributed by atoms with Crippen LogP contribution in [0.25, 0.3) is 0 Å². The first-order valence-corrected chi connectivity index (χ1v) is 8.00. The van der Waals surface area contributed by atoms with E-state index in [1.807, 2.05) is 36.4 Å². The monoisotopic (exact) mass is 246 g/mol. The maximum absolute atomic E-state index is 2.00. The Morgan fingerprint density at radius 3 is 0.444 bits per heavy atom. The Hall–Kier alpha value is -0.780. The van der Waals surface area contributed by atoms with Crippen molar-refractivity contribution in [2.24, 2.45) is 0 Å². The van der Waals surface area contributed by atoms with E-state index in [0.717, 1.165) is 0 Å². The highest BCUT2D eigenvalue weighted by molar-refractivity contribution is 4.99. The van der Waals surface area contributed by atoms with Crippen molar-refractivity contribution in [1.29, 1.82) is 0 Å². The number of benzene rings is 1. The topological polar surface area (TPSA) is 0 Å². The quantitative estimate of drug-likeness (QED) is 0.499. The van der Waals surface area contributed by atoms with E-state index >= 15 is 0 Å². The van der Waals surface area contributed by atoms with Crippen LogP contribution in [0.2, 0.25) is 0 Å². The average Bonchev–Trinajstić information content (AvgIpc) is 2.54. The zero-order valence-corrected chi connectivity index (χ0v) is 11.9. The molecule has 2 aliphatic carbocycles. The summed E-state index contributed by atoms with van der Waals surface area (Å²) >= 11 is 0. The van der Waals surface area contributed by atoms with Crippen LogP contribution in [0.15, 0.2) is 36.4 Å². The van der Waals surface area contributed by atoms with E-state index in [-0.39, 0.29) is 0 Å². The smallest absolute Gasteiger partial charge is 0.0533 e. The molecule has 0 radical (unpaired) electrons. The van der Waals surface area contributed by atoms with Gasteiger partial charge in [0.25, 0.3) is 0 Å². The van der Waals surface area contributed by atoms with Gasteiger partial charge in [0, 0.05) is 0 Å². The molecule has 0 saturated heterocycles. The van der Waals surface area contributed by atoms with E-state index in [2.05, 4.69) is 0 Å². The summed E-state index contributed by atoms with van der Waals surface area (Å²) in [6, 6.07) is 12.0. The molecule has 2 fully saturated rings. The summed E-state index contributed by atoms with van der Waals surface area (Å²) in [6.07, 6.45) is 18.0. The van der Waals surface area contributed by atoms with E-state index < -0.39 is 0 Å². The van der Waals surface area contributed by atoms with Gasteiger partial charge in [0.05, 0.1) is 0 Å². The number of hydrogen-bond acceptors (Lipinski definition) is 0. The molecule has 0 aromatic heterocycles. The average molecular weight is 246 g/mol. The second-order valence-corrected chi connectivity index (χ2v) is 5.40. The molecule has 1 aromatic rings. The lowest BCUT2D eigenvalue weighted by Crippen LogP contribution is -1.85. The maximum atomic E-state index is 2.00. The number of rotatable bonds is 0. The van der Waals surface area contributed by atoms with Crippen LogP contribution >= 0.6 is 0 Å². The van der Waals surface area contributed by atoms with Crippen molar-refractivity contribution in [2.45, 2.75) is 77.0 Å². The van der Waals surface area contributed by atoms with Crippen LogP contribution in [0, 0.1) is 0 Å². The van der Waals surface area contributed by atoms with Gasteiger partial charge in [-0.05, 0) is 0 Å². The minimum absolute atomic E-state index is 1.50. The zero-order chi connectivity index (χ0) is 12.7. The standard InChI is InChI=1S/2C6H12.C6H6/c3*1-2-4-6-5-3-1/h2*1-6H2;1-6H. The molecule has 102 valence electrons. The molecule has 0 heteroatoms. The molecule has 0 unspecified atom stereocenters. The van der Waals surface area contributed by atoms with E-state index in [4.69, 9.17) is 0 Å². The number of hydrogen-bond donors (Lipinski definition) is 0. The summed E-state index contributed by atoms with van der Waals surface area (Å²) in [5, 5.41) is 0. The van der Waals surface area contributed by atoms with Crippen molar-refractivity contribution in [3.05, 3.63) is 36.4 Å². The molecule has 0 nitrogen and oxygen atoms in total. The van der Waals surface area contributed by atoms with Crippen molar-refractivity contribution in [1.82, 2.24) is 0 Å². The lowest BCUT2D eigenvalue weighted by molar-refractivity contribution is 0.504. The molecular formula is C18H30. The molecule has 2 aliphatic rings. The molecule has 0 N–H and O–H groups in total. The van der Waals surface area contributed by atoms with Gasteiger partial charge in [0.1, 0.15) is 0 Å². The predicted octanol–water partition coefficient (Wildman–Crippen LogP) is 6.37. The first kappa shape index (κ1) is 15.3. The van der Waals surface area contributed by atoms with Gasteiger partial charge in [-0.2, -0.15) is 0 Å². The first-order chi connectivity index (χ1) is 9.00. The molecular weight excluding hydrogens is 216 g/mol. The van der Waals surface area contributed by atoms with E-state index in [9.17, 15) is 0 Å². The molecule has 3 rings (SSSR count). The molecule has 0 spiro atoms. The van der Waals surface area contributed by atoms with Crippen LogP contribution in [-0.4, -0.2) is 0 Å². The molecule has 1 aromatic carbocycles. The summed E-state index contributed by atoms with van der Waals surface area (Å²) in [7, 11) is 0. The highest BCUT2D eigenvalue weighted by Crippen LogP contribution is 2.15. The van der Waals surface area contributed by atoms with Gasteiger partial charge in [-0.1, -0.05) is 113 Å². The SMILES string of the molecule is C1CCCCC1.C1CCCCC1.c1ccccc1. The van der Waals surface area contributed by atoms with Crippen LogP contribution in [-0.2, 0) is 0 Å². The Morgan fingerprint density at radius 2 is 0.333 bits per heavy atom. The fourth-order valence-electron chi connectivity index (χ4n) is 2.51. The fourth-order valence-corrected chi connectivity index (χ4v) is 2.51. The van der Waals surface area contributed by atoms with Crippen molar-refractivity contribution >= 4 is 0 Å². The second kappa shape index (κ2) is 12.7. The second-order valence-electron chi connectivity index (χ2n) is 5.40. The fraction of sp³-hybridized carbons (Fsp3) is 0.667. The van der Waals surface area contributed by atoms with Crippen LogP contribution in [0.3, 0.4) is 0 Å². The lowest BCUT2D eigenvalue weighted by Gasteiger charge is -2.05. The normalized spacial score (nSPS) is 18.7. The highest BCUT2D eigenvalue weighted by Gasteiger charge is 1.96. The van der Waals surface area contributed by atoms with Crippen LogP contribution in [0.1, 0.15) is 77.0 Å². The largest absolute Gasteiger partial charge is 0.0623 e. The minimum atomic E-state index is 1.50. The molecule has 0 bridgehead atoms. The van der Waals surface area contributed by atoms with Gasteiger partial charge >= 0.3 is 0 Å². The van der Waals surface area contributed by atoms with E-state index in [1.54, 1.807) is 0 Å². The van der Waals surface area contributed by atoms with Crippen molar-refractivity contribution < 1.29 is 0 Å². The van der Waals surface area contributed by atoms with Crippen LogP contribution < -0.4 is 0 Å². The molecule has 0 atom stereocenters. The zero-order valence-electron chi connectivity index (χ0n) is 11.9. The van der Waals surface area contributed by atoms with Crippen LogP contribution in [0.5, 0.6) is 0 Å². The van der Waals surface area contributed by atoms with E-state index in [0.29, 0.717) is 0 Å². The van der Waals surface area contributed by atoms with Crippen molar-refractivity contribution in [3.8, 4) is 0 Å². The third kappa shape index (κ3) is 10.4. The molecule has 0 heterocycles. The van der Waals surface area contributed by atoms with Crippen LogP contribution in [0.4, 0.5) is 0 Å². The lowest BCUT2D eigenvalue weighted by atomic mass is 10.0. The third-order valence-corrected chi connectivity index (χ3v) is 3.67. The van der Waals surface area contributed by atoms with Gasteiger partial charge in [0.15, 0.2) is 0 Å². The molecule has 2 saturated carbocycles. The van der Waals surface area contributed by atoms with Gasteiger partial charge in [-0.25, -0.2) is 0 Å². The first-order valence-electron chi connectivity index (χ1n) is 8.00. The summed E-state index contributed by atoms with van der Waals surface area (Å²) in [4.78, 5) is 0. The summed E-state index contributed by atoms with van der Waals surface area (Å²) in [5.74, 6) is 0. The van der Waals surface area contributed by atoms with Gasteiger partial charge in [-0.15, -0.1) is 0 Å². The highest BCUT2D eigenvalue weighted by atomic mass is 14.0. The third-order valence-electron chi connectivity index (χ3n) is 3.67. The van der Waals surface area contributed by atoms with Crippen molar-refractivity contribution in [3.63, 3.8) is 0 Å². The Labute approximate surface area is 114 Å². The molecule has 18 heavy (non-hydrogen) atoms. The summed E-state index contributed by atoms with van der Waals surface area (Å²) < 4.78 is 0. The Balaban J connectivity index is 0.000000135. The van der Waals surface area contributed by atoms with Gasteiger partial charge < -0.3 is 0 Å². The molecule has 0 amide bonds. The van der Waals surface area contributed by atoms with Gasteiger partial charge in [0.2, 0.25) is 0 Å². The Morgan fingerprint density at radius 1 is 0.222 bits per heavy atom. The maximum Gasteiger partial charge on any atom is -0.0533 e. The molecule has 0 aliphatic heterocycles. The van der Waals surface area contributed by atoms with Crippen molar-refractivity contribution in [2.75, 3.05) is 0 Å². The summed E-state index contributed by atoms with van der Waals surface area (Å²) in [6.45, 7) is 0.